The molecule has 182 valence electrons. The molecular weight excluding hydrogens is 476 g/mol. The van der Waals surface area contributed by atoms with Crippen molar-refractivity contribution >= 4 is 46.8 Å². The number of anilines is 1. The number of amides is 2. The largest absolute Gasteiger partial charge is 0.461 e. The number of benzene rings is 1. The third-order valence-electron chi connectivity index (χ3n) is 7.04. The summed E-state index contributed by atoms with van der Waals surface area (Å²) in [6.07, 6.45) is 4.48. The van der Waals surface area contributed by atoms with Gasteiger partial charge in [-0.25, -0.2) is 0 Å². The lowest BCUT2D eigenvalue weighted by molar-refractivity contribution is -0.153. The Hall–Kier alpha value is -2.29. The Bertz CT molecular complexity index is 1000. The van der Waals surface area contributed by atoms with Gasteiger partial charge in [0.15, 0.2) is 0 Å². The number of aliphatic hydroxyl groups excluding tert-OH is 1. The Morgan fingerprint density at radius 1 is 1.35 bits per heavy atom. The highest BCUT2D eigenvalue weighted by Gasteiger charge is 2.74. The van der Waals surface area contributed by atoms with E-state index in [1.807, 2.05) is 0 Å². The van der Waals surface area contributed by atoms with Gasteiger partial charge in [0.1, 0.15) is 12.6 Å². The van der Waals surface area contributed by atoms with E-state index in [1.165, 1.54) is 11.0 Å². The molecule has 34 heavy (non-hydrogen) atoms. The maximum Gasteiger partial charge on any atom is 0.311 e. The first kappa shape index (κ1) is 24.8. The monoisotopic (exact) mass is 504 g/mol. The lowest BCUT2D eigenvalue weighted by Gasteiger charge is -2.38. The van der Waals surface area contributed by atoms with Crippen LogP contribution in [0.4, 0.5) is 5.69 Å². The van der Waals surface area contributed by atoms with Gasteiger partial charge in [0, 0.05) is 22.5 Å². The van der Waals surface area contributed by atoms with Crippen molar-refractivity contribution < 1.29 is 24.2 Å². The van der Waals surface area contributed by atoms with Crippen molar-refractivity contribution in [1.29, 1.82) is 0 Å². The number of aliphatic hydroxyl groups is 1. The molecule has 0 aromatic heterocycles. The van der Waals surface area contributed by atoms with Crippen LogP contribution in [0.2, 0.25) is 5.02 Å². The second-order valence-corrected chi connectivity index (χ2v) is 11.0. The van der Waals surface area contributed by atoms with Crippen LogP contribution in [-0.2, 0) is 19.1 Å². The topological polar surface area (TPSA) is 87.2 Å². The van der Waals surface area contributed by atoms with Crippen LogP contribution in [0.5, 0.6) is 0 Å². The summed E-state index contributed by atoms with van der Waals surface area (Å²) in [6.45, 7) is 9.13. The summed E-state index contributed by atoms with van der Waals surface area (Å²) >= 11 is 7.61. The van der Waals surface area contributed by atoms with E-state index in [9.17, 15) is 19.5 Å². The van der Waals surface area contributed by atoms with Crippen molar-refractivity contribution in [3.05, 3.63) is 54.6 Å². The first-order valence-corrected chi connectivity index (χ1v) is 12.6. The first-order chi connectivity index (χ1) is 16.3. The Balaban J connectivity index is 1.77. The number of hydrogen-bond acceptors (Lipinski definition) is 6. The fraction of sp³-hybridized carbons (Fsp3) is 0.480. The van der Waals surface area contributed by atoms with Gasteiger partial charge < -0.3 is 19.6 Å². The first-order valence-electron chi connectivity index (χ1n) is 11.4. The van der Waals surface area contributed by atoms with Crippen LogP contribution in [0.1, 0.15) is 19.8 Å². The summed E-state index contributed by atoms with van der Waals surface area (Å²) in [4.78, 5) is 44.1. The molecule has 2 bridgehead atoms. The predicted molar refractivity (Wildman–Crippen MR) is 133 cm³/mol. The SMILES string of the molecule is C=CCOC(=O)[C@@H]1[C@@H]2CCC3(S2)C(C(=O)N(CC=C)c2ccc(Cl)cc2)N([C@H](C)CO)C(=O)[C@H]13. The Kier molecular flexibility index (Phi) is 7.12. The van der Waals surface area contributed by atoms with Gasteiger partial charge in [0.2, 0.25) is 5.91 Å². The van der Waals surface area contributed by atoms with Crippen LogP contribution in [0.15, 0.2) is 49.6 Å². The van der Waals surface area contributed by atoms with Gasteiger partial charge in [-0.3, -0.25) is 14.4 Å². The number of hydrogen-bond donors (Lipinski definition) is 1. The van der Waals surface area contributed by atoms with Gasteiger partial charge in [0.05, 0.1) is 29.2 Å². The smallest absolute Gasteiger partial charge is 0.311 e. The summed E-state index contributed by atoms with van der Waals surface area (Å²) in [6, 6.07) is 5.51. The Morgan fingerprint density at radius 2 is 2.06 bits per heavy atom. The van der Waals surface area contributed by atoms with Crippen LogP contribution in [0.3, 0.4) is 0 Å². The Labute approximate surface area is 208 Å². The molecule has 1 aromatic rings. The minimum absolute atomic E-state index is 0.0728. The van der Waals surface area contributed by atoms with E-state index in [4.69, 9.17) is 16.3 Å². The molecule has 1 spiro atoms. The van der Waals surface area contributed by atoms with Gasteiger partial charge in [-0.2, -0.15) is 0 Å². The minimum Gasteiger partial charge on any atom is -0.461 e. The van der Waals surface area contributed by atoms with Crippen molar-refractivity contribution in [2.45, 2.75) is 41.8 Å². The van der Waals surface area contributed by atoms with Crippen molar-refractivity contribution in [3.8, 4) is 0 Å². The summed E-state index contributed by atoms with van der Waals surface area (Å²) in [7, 11) is 0. The van der Waals surface area contributed by atoms with E-state index in [0.29, 0.717) is 17.1 Å². The highest BCUT2D eigenvalue weighted by molar-refractivity contribution is 8.02. The van der Waals surface area contributed by atoms with Crippen LogP contribution >= 0.6 is 23.4 Å². The van der Waals surface area contributed by atoms with E-state index >= 15 is 0 Å². The third-order valence-corrected chi connectivity index (χ3v) is 9.25. The molecule has 3 aliphatic heterocycles. The number of esters is 1. The molecule has 0 aliphatic carbocycles. The molecule has 3 fully saturated rings. The summed E-state index contributed by atoms with van der Waals surface area (Å²) < 4.78 is 4.60. The van der Waals surface area contributed by atoms with E-state index in [1.54, 1.807) is 53.9 Å². The standard InChI is InChI=1S/C25H29ClN2O5S/c1-4-12-27(17-8-6-16(26)7-9-17)23(31)21-25-11-10-18(34-25)19(24(32)33-13-5-2)20(25)22(30)28(21)15(3)14-29/h4-9,15,18-21,29H,1-2,10-14H2,3H3/t15-,18+,19-,20+,21?,25?/m1/s1. The van der Waals surface area contributed by atoms with Crippen molar-refractivity contribution in [2.24, 2.45) is 11.8 Å². The number of rotatable bonds is 9. The van der Waals surface area contributed by atoms with Crippen molar-refractivity contribution in [3.63, 3.8) is 0 Å². The lowest BCUT2D eigenvalue weighted by Crippen LogP contribution is -2.57. The van der Waals surface area contributed by atoms with Crippen molar-refractivity contribution in [2.75, 3.05) is 24.7 Å². The van der Waals surface area contributed by atoms with Gasteiger partial charge >= 0.3 is 5.97 Å². The number of carbonyl (C=O) groups is 3. The second-order valence-electron chi connectivity index (χ2n) is 8.97. The number of ether oxygens (including phenoxy) is 1. The average molecular weight is 505 g/mol. The van der Waals surface area contributed by atoms with E-state index in [-0.39, 0.29) is 36.8 Å². The number of carbonyl (C=O) groups excluding carboxylic acids is 3. The fourth-order valence-electron chi connectivity index (χ4n) is 5.66. The molecule has 2 unspecified atom stereocenters. The van der Waals surface area contributed by atoms with Crippen LogP contribution in [0.25, 0.3) is 0 Å². The molecule has 1 aromatic carbocycles. The molecule has 3 aliphatic rings. The maximum atomic E-state index is 14.2. The van der Waals surface area contributed by atoms with Gasteiger partial charge in [-0.05, 0) is 44.0 Å². The highest BCUT2D eigenvalue weighted by Crippen LogP contribution is 2.67. The van der Waals surface area contributed by atoms with Crippen LogP contribution in [-0.4, -0.2) is 69.6 Å². The molecule has 6 atom stereocenters. The van der Waals surface area contributed by atoms with Crippen LogP contribution < -0.4 is 4.90 Å². The number of fused-ring (bicyclic) bond motifs is 1. The normalized spacial score (nSPS) is 30.1. The zero-order valence-electron chi connectivity index (χ0n) is 19.1. The molecule has 1 N–H and O–H groups in total. The molecule has 7 nitrogen and oxygen atoms in total. The molecule has 0 saturated carbocycles. The molecule has 0 radical (unpaired) electrons. The number of thioether (sulfide) groups is 1. The third kappa shape index (κ3) is 3.85. The molecule has 4 rings (SSSR count). The minimum atomic E-state index is -0.824. The lowest BCUT2D eigenvalue weighted by atomic mass is 9.71. The summed E-state index contributed by atoms with van der Waals surface area (Å²) in [5.41, 5.74) is 0.637. The quantitative estimate of drug-likeness (QED) is 0.411. The maximum absolute atomic E-state index is 14.2. The molecule has 9 heteroatoms. The molecular formula is C25H29ClN2O5S. The van der Waals surface area contributed by atoms with Crippen LogP contribution in [0, 0.1) is 11.8 Å². The molecule has 3 heterocycles. The van der Waals surface area contributed by atoms with E-state index in [0.717, 1.165) is 6.42 Å². The second kappa shape index (κ2) is 9.76. The fourth-order valence-corrected chi connectivity index (χ4v) is 7.97. The van der Waals surface area contributed by atoms with Gasteiger partial charge in [-0.1, -0.05) is 30.3 Å². The molecule has 2 amide bonds. The average Bonchev–Trinajstić information content (AvgIpc) is 3.48. The van der Waals surface area contributed by atoms with Gasteiger partial charge in [-0.15, -0.1) is 18.3 Å². The zero-order valence-corrected chi connectivity index (χ0v) is 20.6. The Morgan fingerprint density at radius 3 is 2.68 bits per heavy atom. The summed E-state index contributed by atoms with van der Waals surface area (Å²) in [5, 5.41) is 10.4. The summed E-state index contributed by atoms with van der Waals surface area (Å²) in [5.74, 6) is -2.26. The van der Waals surface area contributed by atoms with E-state index < -0.39 is 34.6 Å². The molecule has 3 saturated heterocycles. The van der Waals surface area contributed by atoms with Crippen molar-refractivity contribution in [1.82, 2.24) is 4.90 Å². The number of halogens is 1. The zero-order chi connectivity index (χ0) is 24.6. The highest BCUT2D eigenvalue weighted by atomic mass is 35.5. The van der Waals surface area contributed by atoms with E-state index in [2.05, 4.69) is 13.2 Å². The predicted octanol–water partition coefficient (Wildman–Crippen LogP) is 3.06. The number of nitrogens with zero attached hydrogens (tertiary/aromatic N) is 2. The number of likely N-dealkylation sites (tertiary alicyclic amines) is 1. The van der Waals surface area contributed by atoms with Gasteiger partial charge in [0.25, 0.3) is 5.91 Å².